The number of nitrogens with one attached hydrogen (secondary N) is 1. The molecule has 5 heteroatoms. The SMILES string of the molecule is Cc1ccc(Oc2cccc(CN3CCC(OCc4c[nH]cn4)CC3)c2)cc1. The molecule has 0 unspecified atom stereocenters. The Hall–Kier alpha value is -2.63. The van der Waals surface area contributed by atoms with Crippen LogP contribution in [-0.4, -0.2) is 34.1 Å². The molecule has 0 spiro atoms. The Labute approximate surface area is 166 Å². The zero-order valence-corrected chi connectivity index (χ0v) is 16.3. The lowest BCUT2D eigenvalue weighted by Crippen LogP contribution is -2.36. The van der Waals surface area contributed by atoms with Crippen LogP contribution in [0.25, 0.3) is 0 Å². The van der Waals surface area contributed by atoms with Gasteiger partial charge in [-0.3, -0.25) is 4.90 Å². The molecule has 0 atom stereocenters. The van der Waals surface area contributed by atoms with Gasteiger partial charge in [0.25, 0.3) is 0 Å². The smallest absolute Gasteiger partial charge is 0.127 e. The minimum atomic E-state index is 0.323. The van der Waals surface area contributed by atoms with Crippen LogP contribution in [-0.2, 0) is 17.9 Å². The standard InChI is InChI=1S/C23H27N3O2/c1-18-5-7-22(8-6-18)28-23-4-2-3-19(13-23)15-26-11-9-21(10-12-26)27-16-20-14-24-17-25-20/h2-8,13-14,17,21H,9-12,15-16H2,1H3,(H,24,25). The molecule has 4 rings (SSSR count). The van der Waals surface area contributed by atoms with E-state index in [0.717, 1.165) is 49.7 Å². The predicted octanol–water partition coefficient (Wildman–Crippen LogP) is 4.69. The van der Waals surface area contributed by atoms with E-state index in [2.05, 4.69) is 52.1 Å². The zero-order valence-electron chi connectivity index (χ0n) is 16.3. The molecule has 0 radical (unpaired) electrons. The molecule has 3 aromatic rings. The van der Waals surface area contributed by atoms with Crippen LogP contribution < -0.4 is 4.74 Å². The summed E-state index contributed by atoms with van der Waals surface area (Å²) in [5, 5.41) is 0. The average molecular weight is 377 g/mol. The van der Waals surface area contributed by atoms with Gasteiger partial charge in [-0.1, -0.05) is 29.8 Å². The van der Waals surface area contributed by atoms with Gasteiger partial charge in [-0.25, -0.2) is 4.98 Å². The number of imidazole rings is 1. The van der Waals surface area contributed by atoms with E-state index in [1.54, 1.807) is 6.33 Å². The highest BCUT2D eigenvalue weighted by Crippen LogP contribution is 2.24. The van der Waals surface area contributed by atoms with Gasteiger partial charge in [0.15, 0.2) is 0 Å². The number of rotatable bonds is 7. The van der Waals surface area contributed by atoms with Crippen molar-refractivity contribution in [3.63, 3.8) is 0 Å². The highest BCUT2D eigenvalue weighted by Gasteiger charge is 2.20. The van der Waals surface area contributed by atoms with Crippen LogP contribution in [0.2, 0.25) is 0 Å². The topological polar surface area (TPSA) is 50.4 Å². The Morgan fingerprint density at radius 1 is 1.07 bits per heavy atom. The summed E-state index contributed by atoms with van der Waals surface area (Å²) in [6.07, 6.45) is 6.02. The lowest BCUT2D eigenvalue weighted by atomic mass is 10.1. The number of aromatic nitrogens is 2. The van der Waals surface area contributed by atoms with E-state index in [-0.39, 0.29) is 0 Å². The maximum Gasteiger partial charge on any atom is 0.127 e. The Bertz CT molecular complexity index is 854. The molecule has 0 bridgehead atoms. The molecule has 1 aliphatic rings. The molecule has 2 aromatic carbocycles. The Kier molecular flexibility index (Phi) is 6.04. The van der Waals surface area contributed by atoms with Gasteiger partial charge in [-0.05, 0) is 49.6 Å². The second-order valence-electron chi connectivity index (χ2n) is 7.41. The molecule has 0 saturated carbocycles. The number of nitrogens with zero attached hydrogens (tertiary/aromatic N) is 2. The Morgan fingerprint density at radius 2 is 1.89 bits per heavy atom. The maximum absolute atomic E-state index is 6.00. The van der Waals surface area contributed by atoms with E-state index in [0.29, 0.717) is 12.7 Å². The molecule has 1 saturated heterocycles. The fourth-order valence-electron chi connectivity index (χ4n) is 3.52. The van der Waals surface area contributed by atoms with Gasteiger partial charge in [0.05, 0.1) is 24.7 Å². The first-order chi connectivity index (χ1) is 13.7. The number of hydrogen-bond donors (Lipinski definition) is 1. The van der Waals surface area contributed by atoms with Crippen LogP contribution in [0.3, 0.4) is 0 Å². The summed E-state index contributed by atoms with van der Waals surface area (Å²) in [5.74, 6) is 1.76. The molecule has 146 valence electrons. The fraction of sp³-hybridized carbons (Fsp3) is 0.348. The van der Waals surface area contributed by atoms with Crippen molar-refractivity contribution in [1.29, 1.82) is 0 Å². The van der Waals surface area contributed by atoms with Gasteiger partial charge in [0.2, 0.25) is 0 Å². The maximum atomic E-state index is 6.00. The van der Waals surface area contributed by atoms with Crippen molar-refractivity contribution in [2.75, 3.05) is 13.1 Å². The third-order valence-electron chi connectivity index (χ3n) is 5.12. The number of aryl methyl sites for hydroxylation is 1. The van der Waals surface area contributed by atoms with E-state index in [1.165, 1.54) is 11.1 Å². The number of hydrogen-bond acceptors (Lipinski definition) is 4. The minimum absolute atomic E-state index is 0.323. The van der Waals surface area contributed by atoms with Gasteiger partial charge in [0.1, 0.15) is 11.5 Å². The zero-order chi connectivity index (χ0) is 19.2. The highest BCUT2D eigenvalue weighted by molar-refractivity contribution is 5.35. The molecular formula is C23H27N3O2. The molecule has 5 nitrogen and oxygen atoms in total. The summed E-state index contributed by atoms with van der Waals surface area (Å²) in [5.41, 5.74) is 3.48. The van der Waals surface area contributed by atoms with Crippen molar-refractivity contribution >= 4 is 0 Å². The number of likely N-dealkylation sites (tertiary alicyclic amines) is 1. The largest absolute Gasteiger partial charge is 0.457 e. The van der Waals surface area contributed by atoms with Crippen LogP contribution in [0.5, 0.6) is 11.5 Å². The van der Waals surface area contributed by atoms with Crippen molar-refractivity contribution in [1.82, 2.24) is 14.9 Å². The molecule has 1 aliphatic heterocycles. The van der Waals surface area contributed by atoms with E-state index < -0.39 is 0 Å². The molecule has 1 N–H and O–H groups in total. The van der Waals surface area contributed by atoms with Crippen molar-refractivity contribution in [2.24, 2.45) is 0 Å². The second kappa shape index (κ2) is 9.04. The Balaban J connectivity index is 1.26. The normalized spacial score (nSPS) is 15.6. The molecular weight excluding hydrogens is 350 g/mol. The summed E-state index contributed by atoms with van der Waals surface area (Å²) in [6, 6.07) is 16.5. The lowest BCUT2D eigenvalue weighted by Gasteiger charge is -2.31. The van der Waals surface area contributed by atoms with Crippen LogP contribution in [0.1, 0.15) is 29.7 Å². The number of piperidine rings is 1. The average Bonchev–Trinajstić information content (AvgIpc) is 3.23. The third-order valence-corrected chi connectivity index (χ3v) is 5.12. The van der Waals surface area contributed by atoms with Gasteiger partial charge in [0, 0.05) is 25.8 Å². The van der Waals surface area contributed by atoms with Gasteiger partial charge < -0.3 is 14.5 Å². The van der Waals surface area contributed by atoms with E-state index >= 15 is 0 Å². The number of H-pyrrole nitrogens is 1. The first kappa shape index (κ1) is 18.7. The summed E-state index contributed by atoms with van der Waals surface area (Å²) < 4.78 is 12.0. The highest BCUT2D eigenvalue weighted by atomic mass is 16.5. The number of ether oxygens (including phenoxy) is 2. The summed E-state index contributed by atoms with van der Waals surface area (Å²) in [6.45, 7) is 5.71. The third kappa shape index (κ3) is 5.21. The van der Waals surface area contributed by atoms with E-state index in [4.69, 9.17) is 9.47 Å². The molecule has 0 amide bonds. The van der Waals surface area contributed by atoms with E-state index in [9.17, 15) is 0 Å². The summed E-state index contributed by atoms with van der Waals surface area (Å²) in [4.78, 5) is 9.66. The molecule has 1 aromatic heterocycles. The van der Waals surface area contributed by atoms with Crippen molar-refractivity contribution < 1.29 is 9.47 Å². The fourth-order valence-corrected chi connectivity index (χ4v) is 3.52. The van der Waals surface area contributed by atoms with Crippen LogP contribution in [0.15, 0.2) is 61.1 Å². The van der Waals surface area contributed by atoms with Gasteiger partial charge >= 0.3 is 0 Å². The molecule has 2 heterocycles. The van der Waals surface area contributed by atoms with Crippen molar-refractivity contribution in [3.8, 4) is 11.5 Å². The quantitative estimate of drug-likeness (QED) is 0.649. The molecule has 28 heavy (non-hydrogen) atoms. The molecule has 0 aliphatic carbocycles. The van der Waals surface area contributed by atoms with Crippen molar-refractivity contribution in [2.45, 2.75) is 39.0 Å². The minimum Gasteiger partial charge on any atom is -0.457 e. The van der Waals surface area contributed by atoms with Crippen LogP contribution in [0, 0.1) is 6.92 Å². The summed E-state index contributed by atoms with van der Waals surface area (Å²) >= 11 is 0. The number of aromatic amines is 1. The second-order valence-corrected chi connectivity index (χ2v) is 7.41. The van der Waals surface area contributed by atoms with Crippen molar-refractivity contribution in [3.05, 3.63) is 77.9 Å². The van der Waals surface area contributed by atoms with Crippen LogP contribution in [0.4, 0.5) is 0 Å². The number of benzene rings is 2. The predicted molar refractivity (Wildman–Crippen MR) is 109 cm³/mol. The summed E-state index contributed by atoms with van der Waals surface area (Å²) in [7, 11) is 0. The molecule has 1 fully saturated rings. The van der Waals surface area contributed by atoms with Crippen LogP contribution >= 0.6 is 0 Å². The first-order valence-electron chi connectivity index (χ1n) is 9.90. The van der Waals surface area contributed by atoms with Gasteiger partial charge in [-0.2, -0.15) is 0 Å². The van der Waals surface area contributed by atoms with E-state index in [1.807, 2.05) is 24.4 Å². The monoisotopic (exact) mass is 377 g/mol. The lowest BCUT2D eigenvalue weighted by molar-refractivity contribution is -0.00511. The first-order valence-corrected chi connectivity index (χ1v) is 9.90. The van der Waals surface area contributed by atoms with Gasteiger partial charge in [-0.15, -0.1) is 0 Å². The Morgan fingerprint density at radius 3 is 2.64 bits per heavy atom.